The largest absolute Gasteiger partial charge is 0.235 e. The minimum absolute atomic E-state index is 0.512. The van der Waals surface area contributed by atoms with E-state index in [2.05, 4.69) is 27.0 Å². The van der Waals surface area contributed by atoms with Crippen LogP contribution in [0.5, 0.6) is 0 Å². The Morgan fingerprint density at radius 2 is 2.45 bits per heavy atom. The highest BCUT2D eigenvalue weighted by atomic mass is 15.4. The molecular weight excluding hydrogens is 140 g/mol. The number of hydrogen-bond donors (Lipinski definition) is 0. The Morgan fingerprint density at radius 1 is 1.64 bits per heavy atom. The summed E-state index contributed by atoms with van der Waals surface area (Å²) in [7, 11) is 0. The number of amidine groups is 1. The van der Waals surface area contributed by atoms with Gasteiger partial charge in [-0.25, -0.2) is 4.99 Å². The first-order chi connectivity index (χ1) is 5.34. The maximum Gasteiger partial charge on any atom is 0.184 e. The third-order valence-corrected chi connectivity index (χ3v) is 1.04. The van der Waals surface area contributed by atoms with Crippen molar-refractivity contribution in [2.24, 2.45) is 20.4 Å². The molecule has 0 radical (unpaired) electrons. The fourth-order valence-corrected chi connectivity index (χ4v) is 0.540. The smallest absolute Gasteiger partial charge is 0.184 e. The van der Waals surface area contributed by atoms with E-state index in [1.807, 2.05) is 13.0 Å². The highest BCUT2D eigenvalue weighted by Crippen LogP contribution is 2.01. The van der Waals surface area contributed by atoms with Crippen molar-refractivity contribution in [3.63, 3.8) is 0 Å². The molecule has 0 aromatic carbocycles. The van der Waals surface area contributed by atoms with E-state index < -0.39 is 0 Å². The van der Waals surface area contributed by atoms with E-state index in [0.717, 1.165) is 0 Å². The predicted molar refractivity (Wildman–Crippen MR) is 44.7 cm³/mol. The normalized spacial score (nSPS) is 20.5. The Morgan fingerprint density at radius 3 is 3.09 bits per heavy atom. The summed E-state index contributed by atoms with van der Waals surface area (Å²) in [5.41, 5.74) is 0.679. The molecule has 0 unspecified atom stereocenters. The van der Waals surface area contributed by atoms with Gasteiger partial charge in [0, 0.05) is 11.8 Å². The predicted octanol–water partition coefficient (Wildman–Crippen LogP) is 1.93. The molecular formula is C7H8N4. The molecule has 0 saturated carbocycles. The van der Waals surface area contributed by atoms with Crippen LogP contribution in [0.1, 0.15) is 6.92 Å². The van der Waals surface area contributed by atoms with Gasteiger partial charge in [-0.15, -0.1) is 10.2 Å². The molecule has 56 valence electrons. The molecule has 0 amide bonds. The van der Waals surface area contributed by atoms with Gasteiger partial charge in [0.1, 0.15) is 0 Å². The SMILES string of the molecule is C=C1C=NN=N/C1=N/C=C\C. The third kappa shape index (κ3) is 1.93. The van der Waals surface area contributed by atoms with Gasteiger partial charge in [0.15, 0.2) is 5.84 Å². The zero-order valence-corrected chi connectivity index (χ0v) is 6.23. The first-order valence-electron chi connectivity index (χ1n) is 3.17. The summed E-state index contributed by atoms with van der Waals surface area (Å²) < 4.78 is 0. The van der Waals surface area contributed by atoms with Gasteiger partial charge < -0.3 is 0 Å². The number of aliphatic imine (C=N–C) groups is 1. The van der Waals surface area contributed by atoms with Crippen LogP contribution in [-0.4, -0.2) is 12.1 Å². The summed E-state index contributed by atoms with van der Waals surface area (Å²) in [4.78, 5) is 3.97. The van der Waals surface area contributed by atoms with Crippen LogP contribution in [0, 0.1) is 0 Å². The lowest BCUT2D eigenvalue weighted by Crippen LogP contribution is -2.00. The number of nitrogens with zero attached hydrogens (tertiary/aromatic N) is 4. The van der Waals surface area contributed by atoms with Crippen LogP contribution >= 0.6 is 0 Å². The Bertz CT molecular complexity index is 270. The molecule has 0 N–H and O–H groups in total. The molecule has 0 atom stereocenters. The molecule has 1 rings (SSSR count). The molecule has 0 spiro atoms. The van der Waals surface area contributed by atoms with Gasteiger partial charge in [0.25, 0.3) is 0 Å². The number of hydrogen-bond acceptors (Lipinski definition) is 3. The second-order valence-electron chi connectivity index (χ2n) is 1.89. The lowest BCUT2D eigenvalue weighted by molar-refractivity contribution is 1.07. The molecule has 4 nitrogen and oxygen atoms in total. The van der Waals surface area contributed by atoms with Gasteiger partial charge in [-0.2, -0.15) is 0 Å². The minimum Gasteiger partial charge on any atom is -0.235 e. The van der Waals surface area contributed by atoms with E-state index in [1.165, 1.54) is 6.21 Å². The second-order valence-corrected chi connectivity index (χ2v) is 1.89. The average molecular weight is 148 g/mol. The number of rotatable bonds is 1. The maximum absolute atomic E-state index is 3.97. The Hall–Kier alpha value is -1.58. The molecule has 0 saturated heterocycles. The van der Waals surface area contributed by atoms with Crippen molar-refractivity contribution in [1.82, 2.24) is 0 Å². The first kappa shape index (κ1) is 7.53. The molecule has 1 aliphatic heterocycles. The Balaban J connectivity index is 2.81. The molecule has 0 fully saturated rings. The Kier molecular flexibility index (Phi) is 2.43. The second kappa shape index (κ2) is 3.55. The van der Waals surface area contributed by atoms with Gasteiger partial charge in [-0.1, -0.05) is 12.7 Å². The fourth-order valence-electron chi connectivity index (χ4n) is 0.540. The molecule has 4 heteroatoms. The van der Waals surface area contributed by atoms with Gasteiger partial charge in [-0.05, 0) is 12.1 Å². The minimum atomic E-state index is 0.512. The van der Waals surface area contributed by atoms with E-state index in [-0.39, 0.29) is 0 Å². The average Bonchev–Trinajstić information content (AvgIpc) is 2.03. The van der Waals surface area contributed by atoms with Crippen molar-refractivity contribution in [2.45, 2.75) is 6.92 Å². The summed E-state index contributed by atoms with van der Waals surface area (Å²) in [6, 6.07) is 0. The van der Waals surface area contributed by atoms with Crippen LogP contribution in [0.2, 0.25) is 0 Å². The quantitative estimate of drug-likeness (QED) is 0.545. The van der Waals surface area contributed by atoms with Gasteiger partial charge >= 0.3 is 0 Å². The highest BCUT2D eigenvalue weighted by molar-refractivity contribution is 6.15. The molecule has 1 heterocycles. The van der Waals surface area contributed by atoms with Crippen molar-refractivity contribution in [1.29, 1.82) is 0 Å². The van der Waals surface area contributed by atoms with Crippen molar-refractivity contribution in [3.05, 3.63) is 24.4 Å². The molecule has 0 bridgehead atoms. The van der Waals surface area contributed by atoms with Crippen molar-refractivity contribution < 1.29 is 0 Å². The summed E-state index contributed by atoms with van der Waals surface area (Å²) in [5.74, 6) is 0.512. The highest BCUT2D eigenvalue weighted by Gasteiger charge is 2.02. The van der Waals surface area contributed by atoms with Gasteiger partial charge in [-0.3, -0.25) is 0 Å². The molecule has 11 heavy (non-hydrogen) atoms. The summed E-state index contributed by atoms with van der Waals surface area (Å²) in [6.45, 7) is 5.56. The fraction of sp³-hybridized carbons (Fsp3) is 0.143. The van der Waals surface area contributed by atoms with E-state index in [9.17, 15) is 0 Å². The zero-order valence-electron chi connectivity index (χ0n) is 6.23. The van der Waals surface area contributed by atoms with Gasteiger partial charge in [0.05, 0.1) is 6.21 Å². The van der Waals surface area contributed by atoms with E-state index >= 15 is 0 Å². The summed E-state index contributed by atoms with van der Waals surface area (Å²) in [6.07, 6.45) is 4.97. The first-order valence-corrected chi connectivity index (χ1v) is 3.17. The molecule has 0 aromatic heterocycles. The molecule has 0 aliphatic carbocycles. The van der Waals surface area contributed by atoms with E-state index in [4.69, 9.17) is 0 Å². The van der Waals surface area contributed by atoms with Crippen LogP contribution < -0.4 is 0 Å². The van der Waals surface area contributed by atoms with E-state index in [0.29, 0.717) is 11.4 Å². The Labute approximate surface area is 64.8 Å². The standard InChI is InChI=1S/C7H8N4/c1-3-4-8-7-6(2)5-9-11-10-7/h3-5H,2H2,1H3/b4-3-,8-7+. The van der Waals surface area contributed by atoms with Gasteiger partial charge in [0.2, 0.25) is 0 Å². The van der Waals surface area contributed by atoms with Crippen molar-refractivity contribution in [2.75, 3.05) is 0 Å². The summed E-state index contributed by atoms with van der Waals surface area (Å²) >= 11 is 0. The molecule has 0 aromatic rings. The van der Waals surface area contributed by atoms with E-state index in [1.54, 1.807) is 6.20 Å². The van der Waals surface area contributed by atoms with Crippen LogP contribution in [0.4, 0.5) is 0 Å². The van der Waals surface area contributed by atoms with Crippen molar-refractivity contribution >= 4 is 12.1 Å². The van der Waals surface area contributed by atoms with Crippen molar-refractivity contribution in [3.8, 4) is 0 Å². The van der Waals surface area contributed by atoms with Crippen LogP contribution in [-0.2, 0) is 0 Å². The summed E-state index contributed by atoms with van der Waals surface area (Å²) in [5, 5.41) is 10.7. The maximum atomic E-state index is 3.97. The number of allylic oxidation sites excluding steroid dienone is 1. The third-order valence-electron chi connectivity index (χ3n) is 1.04. The van der Waals surface area contributed by atoms with Crippen LogP contribution in [0.25, 0.3) is 0 Å². The lowest BCUT2D eigenvalue weighted by atomic mass is 10.3. The topological polar surface area (TPSA) is 49.4 Å². The lowest BCUT2D eigenvalue weighted by Gasteiger charge is -1.97. The van der Waals surface area contributed by atoms with Crippen LogP contribution in [0.15, 0.2) is 44.9 Å². The monoisotopic (exact) mass is 148 g/mol. The van der Waals surface area contributed by atoms with Crippen LogP contribution in [0.3, 0.4) is 0 Å². The molecule has 1 aliphatic rings. The zero-order chi connectivity index (χ0) is 8.10.